The summed E-state index contributed by atoms with van der Waals surface area (Å²) in [4.78, 5) is 26.9. The normalized spacial score (nSPS) is 17.0. The second-order valence-corrected chi connectivity index (χ2v) is 4.95. The summed E-state index contributed by atoms with van der Waals surface area (Å²) >= 11 is 7.21. The number of aliphatic imine (C=N–C) groups is 1. The zero-order chi connectivity index (χ0) is 11.7. The third kappa shape index (κ3) is 2.23. The summed E-state index contributed by atoms with van der Waals surface area (Å²) < 4.78 is 0.682. The highest BCUT2D eigenvalue weighted by Crippen LogP contribution is 2.28. The number of hydrogen-bond acceptors (Lipinski definition) is 4. The number of amides is 2. The van der Waals surface area contributed by atoms with Crippen molar-refractivity contribution in [3.8, 4) is 0 Å². The Morgan fingerprint density at radius 2 is 1.94 bits per heavy atom. The van der Waals surface area contributed by atoms with E-state index in [-0.39, 0.29) is 12.0 Å². The minimum absolute atomic E-state index is 0.161. The molecular formula is C9H8ClN3O2S. The monoisotopic (exact) mass is 257 g/mol. The van der Waals surface area contributed by atoms with Crippen molar-refractivity contribution >= 4 is 40.7 Å². The molecule has 1 aromatic rings. The SMILES string of the molecule is CC(N=C1NC(=O)C(=O)N1)c1ccc(Cl)s1. The van der Waals surface area contributed by atoms with Crippen LogP contribution in [0.3, 0.4) is 0 Å². The number of thiophene rings is 1. The summed E-state index contributed by atoms with van der Waals surface area (Å²) in [5.74, 6) is -1.18. The second kappa shape index (κ2) is 4.23. The van der Waals surface area contributed by atoms with Gasteiger partial charge < -0.3 is 0 Å². The van der Waals surface area contributed by atoms with Crippen LogP contribution in [0.4, 0.5) is 0 Å². The van der Waals surface area contributed by atoms with E-state index in [0.717, 1.165) is 4.88 Å². The topological polar surface area (TPSA) is 70.6 Å². The number of carbonyl (C=O) groups excluding carboxylic acids is 2. The van der Waals surface area contributed by atoms with Crippen LogP contribution in [0.25, 0.3) is 0 Å². The van der Waals surface area contributed by atoms with E-state index in [1.807, 2.05) is 13.0 Å². The van der Waals surface area contributed by atoms with E-state index in [1.165, 1.54) is 11.3 Å². The molecule has 5 nitrogen and oxygen atoms in total. The fourth-order valence-corrected chi connectivity index (χ4v) is 2.29. The first-order chi connectivity index (χ1) is 7.56. The van der Waals surface area contributed by atoms with Crippen molar-refractivity contribution in [2.45, 2.75) is 13.0 Å². The number of halogens is 1. The largest absolute Gasteiger partial charge is 0.316 e. The zero-order valence-electron chi connectivity index (χ0n) is 8.28. The first-order valence-corrected chi connectivity index (χ1v) is 5.71. The summed E-state index contributed by atoms with van der Waals surface area (Å²) in [6.07, 6.45) is 0. The molecule has 0 aliphatic carbocycles. The van der Waals surface area contributed by atoms with Gasteiger partial charge in [0.2, 0.25) is 5.96 Å². The Labute approximate surface area is 101 Å². The average Bonchev–Trinajstić information content (AvgIpc) is 2.75. The van der Waals surface area contributed by atoms with Gasteiger partial charge in [0.25, 0.3) is 0 Å². The number of carbonyl (C=O) groups is 2. The van der Waals surface area contributed by atoms with Crippen molar-refractivity contribution in [3.05, 3.63) is 21.3 Å². The minimum atomic E-state index is -0.685. The third-order valence-corrected chi connectivity index (χ3v) is 3.40. The molecule has 0 spiro atoms. The fraction of sp³-hybridized carbons (Fsp3) is 0.222. The molecule has 1 atom stereocenters. The molecule has 0 radical (unpaired) electrons. The van der Waals surface area contributed by atoms with E-state index < -0.39 is 11.8 Å². The predicted octanol–water partition coefficient (Wildman–Crippen LogP) is 1.06. The standard InChI is InChI=1S/C9H8ClN3O2S/c1-4(5-2-3-6(10)16-5)11-9-12-7(14)8(15)13-9/h2-4H,1H3,(H2,11,12,13,14,15). The Balaban J connectivity index is 2.13. The molecule has 2 N–H and O–H groups in total. The van der Waals surface area contributed by atoms with Crippen LogP contribution in [-0.2, 0) is 9.59 Å². The molecule has 1 aliphatic heterocycles. The molecule has 84 valence electrons. The number of hydrogen-bond donors (Lipinski definition) is 2. The molecule has 7 heteroatoms. The molecule has 2 amide bonds. The van der Waals surface area contributed by atoms with Gasteiger partial charge in [0, 0.05) is 4.88 Å². The van der Waals surface area contributed by atoms with Crippen LogP contribution < -0.4 is 10.6 Å². The molecule has 1 fully saturated rings. The van der Waals surface area contributed by atoms with Crippen LogP contribution in [0, 0.1) is 0 Å². The van der Waals surface area contributed by atoms with Gasteiger partial charge >= 0.3 is 11.8 Å². The highest BCUT2D eigenvalue weighted by atomic mass is 35.5. The maximum Gasteiger partial charge on any atom is 0.316 e. The quantitative estimate of drug-likeness (QED) is 0.778. The molecule has 2 heterocycles. The van der Waals surface area contributed by atoms with Crippen LogP contribution >= 0.6 is 22.9 Å². The lowest BCUT2D eigenvalue weighted by Crippen LogP contribution is -2.26. The summed E-state index contributed by atoms with van der Waals surface area (Å²) in [5, 5.41) is 4.67. The zero-order valence-corrected chi connectivity index (χ0v) is 9.85. The number of rotatable bonds is 2. The predicted molar refractivity (Wildman–Crippen MR) is 61.5 cm³/mol. The van der Waals surface area contributed by atoms with E-state index in [9.17, 15) is 9.59 Å². The van der Waals surface area contributed by atoms with Crippen molar-refractivity contribution in [1.82, 2.24) is 10.6 Å². The highest BCUT2D eigenvalue weighted by Gasteiger charge is 2.25. The smallest absolute Gasteiger partial charge is 0.288 e. The van der Waals surface area contributed by atoms with Crippen LogP contribution in [0.2, 0.25) is 4.34 Å². The number of nitrogens with one attached hydrogen (secondary N) is 2. The van der Waals surface area contributed by atoms with Gasteiger partial charge in [-0.25, -0.2) is 4.99 Å². The van der Waals surface area contributed by atoms with Crippen molar-refractivity contribution in [2.24, 2.45) is 4.99 Å². The Kier molecular flexibility index (Phi) is 2.93. The van der Waals surface area contributed by atoms with Gasteiger partial charge in [0.05, 0.1) is 10.4 Å². The summed E-state index contributed by atoms with van der Waals surface area (Å²) in [5.41, 5.74) is 0. The Hall–Kier alpha value is -1.40. The van der Waals surface area contributed by atoms with Gasteiger partial charge in [-0.15, -0.1) is 11.3 Å². The summed E-state index contributed by atoms with van der Waals surface area (Å²) in [6.45, 7) is 1.85. The number of nitrogens with zero attached hydrogens (tertiary/aromatic N) is 1. The van der Waals surface area contributed by atoms with E-state index >= 15 is 0 Å². The lowest BCUT2D eigenvalue weighted by molar-refractivity contribution is -0.135. The summed E-state index contributed by atoms with van der Waals surface area (Å²) in [7, 11) is 0. The van der Waals surface area contributed by atoms with Crippen molar-refractivity contribution < 1.29 is 9.59 Å². The molecule has 0 saturated carbocycles. The average molecular weight is 258 g/mol. The number of guanidine groups is 1. The molecule has 0 bridgehead atoms. The van der Waals surface area contributed by atoms with Crippen molar-refractivity contribution in [2.75, 3.05) is 0 Å². The Morgan fingerprint density at radius 1 is 1.31 bits per heavy atom. The van der Waals surface area contributed by atoms with Crippen LogP contribution in [0.15, 0.2) is 17.1 Å². The maximum atomic E-state index is 10.9. The second-order valence-electron chi connectivity index (χ2n) is 3.20. The fourth-order valence-electron chi connectivity index (χ4n) is 1.23. The summed E-state index contributed by atoms with van der Waals surface area (Å²) in [6, 6.07) is 3.48. The van der Waals surface area contributed by atoms with Crippen LogP contribution in [-0.4, -0.2) is 17.8 Å². The highest BCUT2D eigenvalue weighted by molar-refractivity contribution is 7.16. The van der Waals surface area contributed by atoms with Crippen molar-refractivity contribution in [3.63, 3.8) is 0 Å². The Bertz CT molecular complexity index is 465. The molecule has 1 saturated heterocycles. The van der Waals surface area contributed by atoms with E-state index in [2.05, 4.69) is 15.6 Å². The van der Waals surface area contributed by atoms with Crippen molar-refractivity contribution in [1.29, 1.82) is 0 Å². The molecule has 1 aromatic heterocycles. The Morgan fingerprint density at radius 3 is 2.44 bits per heavy atom. The van der Waals surface area contributed by atoms with E-state index in [1.54, 1.807) is 6.07 Å². The van der Waals surface area contributed by atoms with Gasteiger partial charge in [0.1, 0.15) is 0 Å². The third-order valence-electron chi connectivity index (χ3n) is 2.00. The first kappa shape index (κ1) is 11.1. The lowest BCUT2D eigenvalue weighted by atomic mass is 10.3. The molecule has 2 rings (SSSR count). The van der Waals surface area contributed by atoms with E-state index in [4.69, 9.17) is 11.6 Å². The minimum Gasteiger partial charge on any atom is -0.288 e. The maximum absolute atomic E-state index is 10.9. The van der Waals surface area contributed by atoms with Gasteiger partial charge in [-0.1, -0.05) is 11.6 Å². The van der Waals surface area contributed by atoms with Gasteiger partial charge in [0.15, 0.2) is 0 Å². The molecule has 1 unspecified atom stereocenters. The molecule has 1 aliphatic rings. The van der Waals surface area contributed by atoms with Gasteiger partial charge in [-0.05, 0) is 19.1 Å². The van der Waals surface area contributed by atoms with Crippen LogP contribution in [0.1, 0.15) is 17.8 Å². The van der Waals surface area contributed by atoms with Gasteiger partial charge in [-0.2, -0.15) is 0 Å². The first-order valence-electron chi connectivity index (χ1n) is 4.51. The molecule has 0 aromatic carbocycles. The lowest BCUT2D eigenvalue weighted by Gasteiger charge is -2.03. The molecule has 16 heavy (non-hydrogen) atoms. The van der Waals surface area contributed by atoms with Gasteiger partial charge in [-0.3, -0.25) is 20.2 Å². The molecular weight excluding hydrogens is 250 g/mol. The van der Waals surface area contributed by atoms with E-state index in [0.29, 0.717) is 4.34 Å². The van der Waals surface area contributed by atoms with Crippen LogP contribution in [0.5, 0.6) is 0 Å².